The molecule has 132 valence electrons. The van der Waals surface area contributed by atoms with Crippen LogP contribution < -0.4 is 0 Å². The molecular formula is C20H34O3. The third-order valence-electron chi connectivity index (χ3n) is 5.73. The van der Waals surface area contributed by atoms with Crippen molar-refractivity contribution in [2.24, 2.45) is 5.92 Å². The molecule has 0 saturated carbocycles. The lowest BCUT2D eigenvalue weighted by molar-refractivity contribution is 0.0235. The molecular weight excluding hydrogens is 288 g/mol. The van der Waals surface area contributed by atoms with Gasteiger partial charge in [0, 0.05) is 0 Å². The first-order valence-corrected chi connectivity index (χ1v) is 9.05. The fourth-order valence-corrected chi connectivity index (χ4v) is 3.37. The molecule has 0 unspecified atom stereocenters. The molecule has 0 aromatic carbocycles. The SMILES string of the molecule is C/C1=C\CC[C@@](C)(O)/C=C/[C@](O)(C(C)C)CC[C@@]2(C)O[C@@H]2CC1. The molecule has 1 aliphatic carbocycles. The van der Waals surface area contributed by atoms with Crippen molar-refractivity contribution in [1.82, 2.24) is 0 Å². The molecule has 0 aromatic rings. The molecule has 0 bridgehead atoms. The van der Waals surface area contributed by atoms with Crippen LogP contribution in [-0.2, 0) is 4.74 Å². The van der Waals surface area contributed by atoms with Crippen molar-refractivity contribution in [2.45, 2.75) is 96.1 Å². The van der Waals surface area contributed by atoms with Gasteiger partial charge >= 0.3 is 0 Å². The highest BCUT2D eigenvalue weighted by atomic mass is 16.6. The summed E-state index contributed by atoms with van der Waals surface area (Å²) in [6, 6.07) is 0. The molecule has 2 aliphatic rings. The van der Waals surface area contributed by atoms with Crippen LogP contribution in [-0.4, -0.2) is 33.1 Å². The normalized spacial score (nSPS) is 46.4. The smallest absolute Gasteiger partial charge is 0.0921 e. The Kier molecular flexibility index (Phi) is 5.44. The van der Waals surface area contributed by atoms with Gasteiger partial charge in [-0.2, -0.15) is 0 Å². The number of rotatable bonds is 1. The fourth-order valence-electron chi connectivity index (χ4n) is 3.37. The van der Waals surface area contributed by atoms with Crippen molar-refractivity contribution in [3.63, 3.8) is 0 Å². The second-order valence-corrected chi connectivity index (χ2v) is 8.38. The van der Waals surface area contributed by atoms with E-state index in [4.69, 9.17) is 4.74 Å². The molecule has 1 heterocycles. The predicted molar refractivity (Wildman–Crippen MR) is 94.3 cm³/mol. The van der Waals surface area contributed by atoms with Gasteiger partial charge in [0.05, 0.1) is 22.9 Å². The molecule has 2 N–H and O–H groups in total. The Morgan fingerprint density at radius 2 is 1.83 bits per heavy atom. The third kappa shape index (κ3) is 4.91. The van der Waals surface area contributed by atoms with E-state index in [1.807, 2.05) is 26.8 Å². The first-order valence-electron chi connectivity index (χ1n) is 9.05. The molecule has 3 heteroatoms. The minimum Gasteiger partial charge on any atom is -0.386 e. The van der Waals surface area contributed by atoms with Gasteiger partial charge in [-0.15, -0.1) is 0 Å². The van der Waals surface area contributed by atoms with Crippen molar-refractivity contribution in [3.05, 3.63) is 23.8 Å². The van der Waals surface area contributed by atoms with E-state index in [-0.39, 0.29) is 11.5 Å². The maximum absolute atomic E-state index is 11.0. The van der Waals surface area contributed by atoms with Crippen molar-refractivity contribution in [3.8, 4) is 0 Å². The van der Waals surface area contributed by atoms with E-state index in [9.17, 15) is 10.2 Å². The van der Waals surface area contributed by atoms with E-state index < -0.39 is 11.2 Å². The van der Waals surface area contributed by atoms with Crippen LogP contribution in [0.3, 0.4) is 0 Å². The summed E-state index contributed by atoms with van der Waals surface area (Å²) in [6.07, 6.45) is 11.3. The topological polar surface area (TPSA) is 53.0 Å². The summed E-state index contributed by atoms with van der Waals surface area (Å²) in [6.45, 7) is 10.2. The molecule has 3 nitrogen and oxygen atoms in total. The summed E-state index contributed by atoms with van der Waals surface area (Å²) in [7, 11) is 0. The largest absolute Gasteiger partial charge is 0.386 e. The van der Waals surface area contributed by atoms with Crippen molar-refractivity contribution < 1.29 is 14.9 Å². The van der Waals surface area contributed by atoms with Gasteiger partial charge in [0.25, 0.3) is 0 Å². The number of epoxide rings is 1. The second kappa shape index (κ2) is 6.70. The summed E-state index contributed by atoms with van der Waals surface area (Å²) in [4.78, 5) is 0. The number of aliphatic hydroxyl groups is 2. The Labute approximate surface area is 141 Å². The number of hydrogen-bond donors (Lipinski definition) is 2. The van der Waals surface area contributed by atoms with E-state index in [0.29, 0.717) is 18.9 Å². The van der Waals surface area contributed by atoms with E-state index in [2.05, 4.69) is 19.9 Å². The summed E-state index contributed by atoms with van der Waals surface area (Å²) in [5.41, 5.74) is -0.492. The highest BCUT2D eigenvalue weighted by molar-refractivity contribution is 5.12. The average Bonchev–Trinajstić information content (AvgIpc) is 3.11. The van der Waals surface area contributed by atoms with E-state index in [1.165, 1.54) is 5.57 Å². The third-order valence-corrected chi connectivity index (χ3v) is 5.73. The molecule has 1 aliphatic heterocycles. The van der Waals surface area contributed by atoms with Gasteiger partial charge in [-0.25, -0.2) is 0 Å². The van der Waals surface area contributed by atoms with Gasteiger partial charge in [-0.3, -0.25) is 0 Å². The maximum atomic E-state index is 11.0. The van der Waals surface area contributed by atoms with Crippen LogP contribution in [0.15, 0.2) is 23.8 Å². The molecule has 0 radical (unpaired) electrons. The van der Waals surface area contributed by atoms with Crippen LogP contribution in [0.1, 0.15) is 73.1 Å². The number of allylic oxidation sites excluding steroid dienone is 2. The standard InChI is InChI=1S/C20H34O3/c1-15(2)20(22)13-11-18(4,21)10-6-7-16(3)8-9-17-19(5,23-17)12-14-20/h7,11,13,15,17,21-22H,6,8-10,12,14H2,1-5H3/b13-11+,16-7+/t17-,18-,19-,20-/m1/s1. The van der Waals surface area contributed by atoms with Gasteiger partial charge in [0.1, 0.15) is 0 Å². The fraction of sp³-hybridized carbons (Fsp3) is 0.800. The zero-order valence-electron chi connectivity index (χ0n) is 15.4. The molecule has 0 spiro atoms. The Bertz CT molecular complexity index is 477. The summed E-state index contributed by atoms with van der Waals surface area (Å²) >= 11 is 0. The Morgan fingerprint density at radius 3 is 2.48 bits per heavy atom. The van der Waals surface area contributed by atoms with Gasteiger partial charge in [-0.05, 0) is 65.2 Å². The van der Waals surface area contributed by atoms with E-state index in [0.717, 1.165) is 25.7 Å². The van der Waals surface area contributed by atoms with Crippen LogP contribution in [0.5, 0.6) is 0 Å². The van der Waals surface area contributed by atoms with Crippen molar-refractivity contribution in [1.29, 1.82) is 0 Å². The Balaban J connectivity index is 2.19. The minimum atomic E-state index is -0.890. The van der Waals surface area contributed by atoms with Gasteiger partial charge in [0.15, 0.2) is 0 Å². The molecule has 2 rings (SSSR count). The molecule has 1 saturated heterocycles. The molecule has 0 amide bonds. The summed E-state index contributed by atoms with van der Waals surface area (Å²) in [5.74, 6) is 0.102. The van der Waals surface area contributed by atoms with Gasteiger partial charge in [0.2, 0.25) is 0 Å². The molecule has 4 atom stereocenters. The molecule has 1 fully saturated rings. The Hall–Kier alpha value is -0.640. The monoisotopic (exact) mass is 322 g/mol. The lowest BCUT2D eigenvalue weighted by Gasteiger charge is -2.31. The lowest BCUT2D eigenvalue weighted by atomic mass is 9.81. The Morgan fingerprint density at radius 1 is 1.13 bits per heavy atom. The van der Waals surface area contributed by atoms with Gasteiger partial charge < -0.3 is 14.9 Å². The predicted octanol–water partition coefficient (Wildman–Crippen LogP) is 4.14. The zero-order chi connectivity index (χ0) is 17.3. The van der Waals surface area contributed by atoms with Crippen LogP contribution in [0.25, 0.3) is 0 Å². The maximum Gasteiger partial charge on any atom is 0.0921 e. The van der Waals surface area contributed by atoms with Gasteiger partial charge in [-0.1, -0.05) is 37.6 Å². The van der Waals surface area contributed by atoms with Crippen molar-refractivity contribution >= 4 is 0 Å². The number of hydrogen-bond acceptors (Lipinski definition) is 3. The quantitative estimate of drug-likeness (QED) is 0.563. The highest BCUT2D eigenvalue weighted by Crippen LogP contribution is 2.45. The highest BCUT2D eigenvalue weighted by Gasteiger charge is 2.52. The summed E-state index contributed by atoms with van der Waals surface area (Å²) < 4.78 is 5.93. The molecule has 23 heavy (non-hydrogen) atoms. The first-order chi connectivity index (χ1) is 10.6. The first kappa shape index (κ1) is 18.7. The van der Waals surface area contributed by atoms with Crippen LogP contribution in [0, 0.1) is 5.92 Å². The average molecular weight is 322 g/mol. The number of ether oxygens (including phenoxy) is 1. The van der Waals surface area contributed by atoms with E-state index >= 15 is 0 Å². The van der Waals surface area contributed by atoms with Crippen LogP contribution >= 0.6 is 0 Å². The van der Waals surface area contributed by atoms with Crippen LogP contribution in [0.2, 0.25) is 0 Å². The minimum absolute atomic E-state index is 0.0936. The lowest BCUT2D eigenvalue weighted by Crippen LogP contribution is -2.35. The molecule has 0 aromatic heterocycles. The van der Waals surface area contributed by atoms with Crippen LogP contribution in [0.4, 0.5) is 0 Å². The second-order valence-electron chi connectivity index (χ2n) is 8.38. The zero-order valence-corrected chi connectivity index (χ0v) is 15.4. The van der Waals surface area contributed by atoms with Crippen molar-refractivity contribution in [2.75, 3.05) is 0 Å². The number of fused-ring (bicyclic) bond motifs is 1. The van der Waals surface area contributed by atoms with E-state index in [1.54, 1.807) is 6.08 Å². The summed E-state index contributed by atoms with van der Waals surface area (Å²) in [5, 5.41) is 21.6.